The van der Waals surface area contributed by atoms with Crippen molar-refractivity contribution < 1.29 is 18.7 Å². The van der Waals surface area contributed by atoms with Crippen molar-refractivity contribution in [2.75, 3.05) is 26.2 Å². The fraction of sp³-hybridized carbons (Fsp3) is 0.412. The van der Waals surface area contributed by atoms with Gasteiger partial charge in [0.05, 0.1) is 13.0 Å². The Kier molecular flexibility index (Phi) is 10.5. The van der Waals surface area contributed by atoms with E-state index in [1.165, 1.54) is 17.7 Å². The largest absolute Gasteiger partial charge is 0.466 e. The van der Waals surface area contributed by atoms with Crippen LogP contribution < -0.4 is 5.32 Å². The molecule has 1 aliphatic heterocycles. The zero-order valence-electron chi connectivity index (χ0n) is 23.7. The van der Waals surface area contributed by atoms with E-state index >= 15 is 0 Å². The first-order valence-corrected chi connectivity index (χ1v) is 14.5. The molecule has 0 aromatic heterocycles. The summed E-state index contributed by atoms with van der Waals surface area (Å²) in [6.07, 6.45) is 4.87. The van der Waals surface area contributed by atoms with Gasteiger partial charge >= 0.3 is 5.97 Å². The molecule has 1 unspecified atom stereocenters. The van der Waals surface area contributed by atoms with Gasteiger partial charge in [0, 0.05) is 30.1 Å². The molecule has 4 rings (SSSR count). The zero-order valence-corrected chi connectivity index (χ0v) is 23.7. The monoisotopic (exact) mass is 544 g/mol. The maximum Gasteiger partial charge on any atom is 0.306 e. The maximum absolute atomic E-state index is 13.4. The van der Waals surface area contributed by atoms with Crippen LogP contribution in [0.4, 0.5) is 4.39 Å². The van der Waals surface area contributed by atoms with Crippen molar-refractivity contribution in [2.24, 2.45) is 0 Å². The average Bonchev–Trinajstić information content (AvgIpc) is 2.98. The molecular formula is C34H41FN2O3. The summed E-state index contributed by atoms with van der Waals surface area (Å²) in [5, 5.41) is 3.23. The third-order valence-electron chi connectivity index (χ3n) is 7.92. The van der Waals surface area contributed by atoms with E-state index in [4.69, 9.17) is 4.74 Å². The first-order chi connectivity index (χ1) is 19.4. The van der Waals surface area contributed by atoms with Gasteiger partial charge in [0.1, 0.15) is 5.82 Å². The quantitative estimate of drug-likeness (QED) is 0.256. The Morgan fingerprint density at radius 1 is 0.975 bits per heavy atom. The number of hydrogen-bond donors (Lipinski definition) is 1. The lowest BCUT2D eigenvalue weighted by Gasteiger charge is -2.34. The van der Waals surface area contributed by atoms with E-state index in [0.29, 0.717) is 18.6 Å². The second-order valence-corrected chi connectivity index (χ2v) is 11.1. The van der Waals surface area contributed by atoms with Crippen LogP contribution in [0, 0.1) is 5.82 Å². The molecule has 1 fully saturated rings. The lowest BCUT2D eigenvalue weighted by Crippen LogP contribution is -2.45. The number of amides is 1. The van der Waals surface area contributed by atoms with Crippen LogP contribution in [0.25, 0.3) is 11.1 Å². The van der Waals surface area contributed by atoms with Crippen LogP contribution in [0.2, 0.25) is 0 Å². The van der Waals surface area contributed by atoms with E-state index in [2.05, 4.69) is 29.3 Å². The summed E-state index contributed by atoms with van der Waals surface area (Å²) in [7, 11) is 0. The minimum absolute atomic E-state index is 0.0908. The standard InChI is InChI=1S/C34H41FN2O3/c1-3-24-40-32(38)25-34(2,27-10-5-4-6-11-27)20-9-21-37-22-18-29(19-23-37)36-33(39)31-13-8-7-12-30(31)26-14-16-28(35)17-15-26/h4-8,10-17,29H,3,9,18-25H2,1-2H3,(H,36,39). The number of ether oxygens (including phenoxy) is 1. The highest BCUT2D eigenvalue weighted by Gasteiger charge is 2.30. The number of rotatable bonds is 12. The molecule has 1 heterocycles. The van der Waals surface area contributed by atoms with Gasteiger partial charge in [-0.25, -0.2) is 4.39 Å². The molecule has 6 heteroatoms. The van der Waals surface area contributed by atoms with Gasteiger partial charge in [0.2, 0.25) is 0 Å². The highest BCUT2D eigenvalue weighted by atomic mass is 19.1. The Morgan fingerprint density at radius 3 is 2.35 bits per heavy atom. The lowest BCUT2D eigenvalue weighted by molar-refractivity contribution is -0.145. The van der Waals surface area contributed by atoms with Crippen molar-refractivity contribution in [1.29, 1.82) is 0 Å². The minimum atomic E-state index is -0.295. The summed E-state index contributed by atoms with van der Waals surface area (Å²) in [5.41, 5.74) is 3.14. The summed E-state index contributed by atoms with van der Waals surface area (Å²) in [6.45, 7) is 7.44. The Bertz CT molecular complexity index is 1240. The van der Waals surface area contributed by atoms with Crippen LogP contribution >= 0.6 is 0 Å². The smallest absolute Gasteiger partial charge is 0.306 e. The van der Waals surface area contributed by atoms with E-state index in [1.807, 2.05) is 49.4 Å². The predicted octanol–water partition coefficient (Wildman–Crippen LogP) is 6.77. The van der Waals surface area contributed by atoms with Crippen molar-refractivity contribution in [3.05, 3.63) is 95.8 Å². The molecule has 1 aliphatic rings. The first kappa shape index (κ1) is 29.5. The predicted molar refractivity (Wildman–Crippen MR) is 158 cm³/mol. The van der Waals surface area contributed by atoms with Crippen LogP contribution in [0.1, 0.15) is 68.3 Å². The van der Waals surface area contributed by atoms with Gasteiger partial charge in [-0.3, -0.25) is 9.59 Å². The summed E-state index contributed by atoms with van der Waals surface area (Å²) < 4.78 is 18.8. The lowest BCUT2D eigenvalue weighted by atomic mass is 9.76. The van der Waals surface area contributed by atoms with Crippen LogP contribution in [0.5, 0.6) is 0 Å². The number of carbonyl (C=O) groups is 2. The van der Waals surface area contributed by atoms with Gasteiger partial charge in [-0.1, -0.05) is 74.5 Å². The molecule has 5 nitrogen and oxygen atoms in total. The molecule has 0 radical (unpaired) electrons. The van der Waals surface area contributed by atoms with Gasteiger partial charge in [0.25, 0.3) is 5.91 Å². The minimum Gasteiger partial charge on any atom is -0.466 e. The van der Waals surface area contributed by atoms with Crippen LogP contribution in [-0.4, -0.2) is 49.1 Å². The summed E-state index contributed by atoms with van der Waals surface area (Å²) >= 11 is 0. The normalized spacial score (nSPS) is 15.8. The van der Waals surface area contributed by atoms with Crippen molar-refractivity contribution in [3.63, 3.8) is 0 Å². The Labute approximate surface area is 237 Å². The molecule has 0 spiro atoms. The van der Waals surface area contributed by atoms with E-state index in [1.54, 1.807) is 12.1 Å². The third-order valence-corrected chi connectivity index (χ3v) is 7.92. The molecule has 0 aliphatic carbocycles. The van der Waals surface area contributed by atoms with Crippen LogP contribution in [0.3, 0.4) is 0 Å². The van der Waals surface area contributed by atoms with E-state index in [0.717, 1.165) is 62.9 Å². The number of carbonyl (C=O) groups excluding carboxylic acids is 2. The van der Waals surface area contributed by atoms with Gasteiger partial charge in [-0.2, -0.15) is 0 Å². The number of esters is 1. The number of nitrogens with zero attached hydrogens (tertiary/aromatic N) is 1. The number of halogens is 1. The molecule has 1 atom stereocenters. The SMILES string of the molecule is CCCOC(=O)CC(C)(CCCN1CCC(NC(=O)c2ccccc2-c2ccc(F)cc2)CC1)c1ccccc1. The number of piperidine rings is 1. The molecule has 212 valence electrons. The van der Waals surface area contributed by atoms with Crippen LogP contribution in [0.15, 0.2) is 78.9 Å². The molecular weight excluding hydrogens is 503 g/mol. The number of likely N-dealkylation sites (tertiary alicyclic amines) is 1. The third kappa shape index (κ3) is 8.01. The second-order valence-electron chi connectivity index (χ2n) is 11.1. The molecule has 1 N–H and O–H groups in total. The second kappa shape index (κ2) is 14.2. The Morgan fingerprint density at radius 2 is 1.65 bits per heavy atom. The Balaban J connectivity index is 1.28. The van der Waals surface area contributed by atoms with E-state index in [9.17, 15) is 14.0 Å². The summed E-state index contributed by atoms with van der Waals surface area (Å²) in [6, 6.07) is 24.1. The fourth-order valence-electron chi connectivity index (χ4n) is 5.58. The number of benzene rings is 3. The van der Waals surface area contributed by atoms with Gasteiger partial charge in [-0.15, -0.1) is 0 Å². The summed E-state index contributed by atoms with van der Waals surface area (Å²) in [4.78, 5) is 28.2. The first-order valence-electron chi connectivity index (χ1n) is 14.5. The molecule has 1 amide bonds. The molecule has 40 heavy (non-hydrogen) atoms. The van der Waals surface area contributed by atoms with Gasteiger partial charge in [0.15, 0.2) is 0 Å². The highest BCUT2D eigenvalue weighted by molar-refractivity contribution is 6.01. The molecule has 3 aromatic rings. The highest BCUT2D eigenvalue weighted by Crippen LogP contribution is 2.33. The molecule has 3 aromatic carbocycles. The topological polar surface area (TPSA) is 58.6 Å². The molecule has 0 bridgehead atoms. The molecule has 0 saturated carbocycles. The van der Waals surface area contributed by atoms with Crippen molar-refractivity contribution in [2.45, 2.75) is 63.8 Å². The molecule has 1 saturated heterocycles. The number of hydrogen-bond acceptors (Lipinski definition) is 4. The van der Waals surface area contributed by atoms with Gasteiger partial charge < -0.3 is 15.0 Å². The van der Waals surface area contributed by atoms with Crippen molar-refractivity contribution >= 4 is 11.9 Å². The van der Waals surface area contributed by atoms with Crippen molar-refractivity contribution in [1.82, 2.24) is 10.2 Å². The van der Waals surface area contributed by atoms with Gasteiger partial charge in [-0.05, 0) is 73.5 Å². The zero-order chi connectivity index (χ0) is 28.4. The Hall–Kier alpha value is -3.51. The number of nitrogens with one attached hydrogen (secondary N) is 1. The fourth-order valence-corrected chi connectivity index (χ4v) is 5.58. The van der Waals surface area contributed by atoms with E-state index < -0.39 is 0 Å². The maximum atomic E-state index is 13.4. The van der Waals surface area contributed by atoms with Crippen molar-refractivity contribution in [3.8, 4) is 11.1 Å². The summed E-state index contributed by atoms with van der Waals surface area (Å²) in [5.74, 6) is -0.519. The average molecular weight is 545 g/mol. The van der Waals surface area contributed by atoms with E-state index in [-0.39, 0.29) is 29.2 Å². The van der Waals surface area contributed by atoms with Crippen LogP contribution in [-0.2, 0) is 14.9 Å².